The Morgan fingerprint density at radius 1 is 0.333 bits per heavy atom. The molecular weight excluding hydrogens is 709 g/mol. The highest BCUT2D eigenvalue weighted by Gasteiger charge is 2.52. The quantitative estimate of drug-likeness (QED) is 0.0685. The number of furan rings is 1. The first kappa shape index (κ1) is 31.6. The normalized spacial score (nSPS) is 13.4. The van der Waals surface area contributed by atoms with E-state index in [9.17, 15) is 25.5 Å². The van der Waals surface area contributed by atoms with Gasteiger partial charge in [0.05, 0.1) is 11.0 Å². The number of rotatable bonds is 2. The van der Waals surface area contributed by atoms with Crippen molar-refractivity contribution in [1.82, 2.24) is 0 Å². The fraction of sp³-hybridized carbons (Fsp3) is 0.0196. The Kier molecular flexibility index (Phi) is 6.08. The standard InChI is InChI=1S/C51H30O6/c52-45-44(46(53)48(55)49(56)47(45)54)41-30-17-3-1-15-28(30)40(29-16-2-4-18-31(29)41)34-25-38-43(50-42(34)33-20-8-12-24-39(33)57-50)32-19-7-11-23-37(32)51(38)35-21-9-5-13-26(35)27-14-6-10-22-36(27)51/h1-25,52-56H. The fourth-order valence-corrected chi connectivity index (χ4v) is 10.3. The highest BCUT2D eigenvalue weighted by molar-refractivity contribution is 6.28. The Labute approximate surface area is 325 Å². The largest absolute Gasteiger partial charge is 0.504 e. The van der Waals surface area contributed by atoms with E-state index in [-0.39, 0.29) is 5.56 Å². The summed E-state index contributed by atoms with van der Waals surface area (Å²) < 4.78 is 7.03. The number of fused-ring (bicyclic) bond motifs is 16. The van der Waals surface area contributed by atoms with Gasteiger partial charge in [-0.05, 0) is 83.7 Å². The molecule has 270 valence electrons. The molecule has 10 aromatic rings. The Balaban J connectivity index is 1.31. The monoisotopic (exact) mass is 738 g/mol. The lowest BCUT2D eigenvalue weighted by Crippen LogP contribution is -2.25. The summed E-state index contributed by atoms with van der Waals surface area (Å²) in [5.41, 5.74) is 12.3. The molecule has 0 saturated heterocycles. The van der Waals surface area contributed by atoms with Gasteiger partial charge in [0.2, 0.25) is 17.2 Å². The van der Waals surface area contributed by atoms with E-state index in [2.05, 4.69) is 84.9 Å². The van der Waals surface area contributed by atoms with E-state index in [1.807, 2.05) is 66.7 Å². The lowest BCUT2D eigenvalue weighted by atomic mass is 9.70. The number of phenolic OH excluding ortho intramolecular Hbond substituents is 5. The average molecular weight is 739 g/mol. The summed E-state index contributed by atoms with van der Waals surface area (Å²) in [6.45, 7) is 0. The SMILES string of the molecule is Oc1c(O)c(O)c(-c2c3ccccc3c(-c3cc4c(c5oc6ccccc6c35)-c3ccccc3C43c4ccccc4-c4ccccc43)c3ccccc23)c(O)c1O. The maximum atomic E-state index is 11.4. The first-order valence-corrected chi connectivity index (χ1v) is 18.8. The Morgan fingerprint density at radius 3 is 1.32 bits per heavy atom. The summed E-state index contributed by atoms with van der Waals surface area (Å²) in [6, 6.07) is 52.1. The van der Waals surface area contributed by atoms with E-state index < -0.39 is 34.2 Å². The summed E-state index contributed by atoms with van der Waals surface area (Å²) in [4.78, 5) is 0. The second-order valence-electron chi connectivity index (χ2n) is 15.0. The fourth-order valence-electron chi connectivity index (χ4n) is 10.3. The summed E-state index contributed by atoms with van der Waals surface area (Å²) in [5, 5.41) is 59.4. The van der Waals surface area contributed by atoms with Gasteiger partial charge in [-0.2, -0.15) is 0 Å². The van der Waals surface area contributed by atoms with Gasteiger partial charge in [0, 0.05) is 21.9 Å². The molecule has 5 N–H and O–H groups in total. The number of phenols is 5. The first-order valence-electron chi connectivity index (χ1n) is 18.8. The molecule has 0 bridgehead atoms. The van der Waals surface area contributed by atoms with Gasteiger partial charge in [0.25, 0.3) is 0 Å². The van der Waals surface area contributed by atoms with E-state index in [1.165, 1.54) is 27.8 Å². The molecule has 0 saturated carbocycles. The third-order valence-corrected chi connectivity index (χ3v) is 12.4. The molecule has 2 aliphatic rings. The van der Waals surface area contributed by atoms with Crippen molar-refractivity contribution in [3.05, 3.63) is 174 Å². The Morgan fingerprint density at radius 2 is 0.754 bits per heavy atom. The highest BCUT2D eigenvalue weighted by Crippen LogP contribution is 2.65. The molecule has 0 unspecified atom stereocenters. The number of para-hydroxylation sites is 1. The molecule has 6 nitrogen and oxygen atoms in total. The van der Waals surface area contributed by atoms with Crippen LogP contribution in [0.1, 0.15) is 22.3 Å². The van der Waals surface area contributed by atoms with Gasteiger partial charge >= 0.3 is 0 Å². The van der Waals surface area contributed by atoms with Crippen LogP contribution in [0, 0.1) is 0 Å². The van der Waals surface area contributed by atoms with Crippen molar-refractivity contribution in [1.29, 1.82) is 0 Å². The number of hydrogen-bond donors (Lipinski definition) is 5. The van der Waals surface area contributed by atoms with Crippen molar-refractivity contribution in [3.63, 3.8) is 0 Å². The van der Waals surface area contributed by atoms with Gasteiger partial charge in [-0.3, -0.25) is 0 Å². The molecule has 1 spiro atoms. The van der Waals surface area contributed by atoms with E-state index in [4.69, 9.17) is 4.42 Å². The molecular formula is C51H30O6. The molecule has 0 aliphatic heterocycles. The van der Waals surface area contributed by atoms with Crippen molar-refractivity contribution in [3.8, 4) is 73.3 Å². The van der Waals surface area contributed by atoms with Crippen molar-refractivity contribution >= 4 is 43.5 Å². The van der Waals surface area contributed by atoms with Gasteiger partial charge < -0.3 is 29.9 Å². The molecule has 2 aliphatic carbocycles. The molecule has 9 aromatic carbocycles. The van der Waals surface area contributed by atoms with Gasteiger partial charge in [-0.25, -0.2) is 0 Å². The van der Waals surface area contributed by atoms with Crippen molar-refractivity contribution in [2.45, 2.75) is 5.41 Å². The first-order chi connectivity index (χ1) is 27.9. The molecule has 6 heteroatoms. The summed E-state index contributed by atoms with van der Waals surface area (Å²) in [6.07, 6.45) is 0. The summed E-state index contributed by atoms with van der Waals surface area (Å²) >= 11 is 0. The van der Waals surface area contributed by atoms with Crippen LogP contribution in [-0.2, 0) is 5.41 Å². The van der Waals surface area contributed by atoms with Crippen LogP contribution in [0.2, 0.25) is 0 Å². The highest BCUT2D eigenvalue weighted by atomic mass is 16.4. The molecule has 1 heterocycles. The van der Waals surface area contributed by atoms with Crippen LogP contribution in [0.3, 0.4) is 0 Å². The number of aromatic hydroxyl groups is 5. The maximum absolute atomic E-state index is 11.4. The van der Waals surface area contributed by atoms with Crippen molar-refractivity contribution < 1.29 is 29.9 Å². The van der Waals surface area contributed by atoms with E-state index in [1.54, 1.807) is 0 Å². The van der Waals surface area contributed by atoms with E-state index in [0.29, 0.717) is 16.3 Å². The molecule has 57 heavy (non-hydrogen) atoms. The smallest absolute Gasteiger partial charge is 0.208 e. The van der Waals surface area contributed by atoms with Crippen LogP contribution in [-0.4, -0.2) is 25.5 Å². The predicted octanol–water partition coefficient (Wildman–Crippen LogP) is 12.1. The predicted molar refractivity (Wildman–Crippen MR) is 224 cm³/mol. The lowest BCUT2D eigenvalue weighted by molar-refractivity contribution is 0.330. The third kappa shape index (κ3) is 3.74. The second kappa shape index (κ2) is 11.0. The minimum absolute atomic E-state index is 0.191. The molecule has 12 rings (SSSR count). The average Bonchev–Trinajstić information content (AvgIpc) is 3.89. The molecule has 0 amide bonds. The van der Waals surface area contributed by atoms with E-state index >= 15 is 0 Å². The van der Waals surface area contributed by atoms with Crippen LogP contribution in [0.25, 0.3) is 88.0 Å². The molecule has 0 atom stereocenters. The van der Waals surface area contributed by atoms with Crippen molar-refractivity contribution in [2.75, 3.05) is 0 Å². The summed E-state index contributed by atoms with van der Waals surface area (Å²) in [5.74, 6) is -4.35. The van der Waals surface area contributed by atoms with Crippen molar-refractivity contribution in [2.24, 2.45) is 0 Å². The van der Waals surface area contributed by atoms with Crippen LogP contribution in [0.4, 0.5) is 0 Å². The van der Waals surface area contributed by atoms with Crippen LogP contribution in [0.15, 0.2) is 156 Å². The van der Waals surface area contributed by atoms with Gasteiger partial charge in [-0.15, -0.1) is 0 Å². The zero-order chi connectivity index (χ0) is 38.3. The Bertz CT molecular complexity index is 3300. The van der Waals surface area contributed by atoms with Crippen LogP contribution < -0.4 is 0 Å². The van der Waals surface area contributed by atoms with Crippen LogP contribution in [0.5, 0.6) is 28.7 Å². The zero-order valence-corrected chi connectivity index (χ0v) is 30.1. The number of hydrogen-bond acceptors (Lipinski definition) is 6. The van der Waals surface area contributed by atoms with Gasteiger partial charge in [-0.1, -0.05) is 140 Å². The maximum Gasteiger partial charge on any atom is 0.208 e. The van der Waals surface area contributed by atoms with Gasteiger partial charge in [0.15, 0.2) is 11.5 Å². The number of benzene rings is 9. The second-order valence-corrected chi connectivity index (χ2v) is 15.0. The lowest BCUT2D eigenvalue weighted by Gasteiger charge is -2.31. The topological polar surface area (TPSA) is 114 Å². The Hall–Kier alpha value is -7.70. The molecule has 1 aromatic heterocycles. The molecule has 0 fully saturated rings. The summed E-state index contributed by atoms with van der Waals surface area (Å²) in [7, 11) is 0. The third-order valence-electron chi connectivity index (χ3n) is 12.4. The van der Waals surface area contributed by atoms with E-state index in [0.717, 1.165) is 60.5 Å². The molecule has 0 radical (unpaired) electrons. The minimum atomic E-state index is -1.00. The van der Waals surface area contributed by atoms with Crippen LogP contribution >= 0.6 is 0 Å². The minimum Gasteiger partial charge on any atom is -0.504 e. The zero-order valence-electron chi connectivity index (χ0n) is 30.1. The van der Waals surface area contributed by atoms with Gasteiger partial charge in [0.1, 0.15) is 11.2 Å².